The zero-order valence-electron chi connectivity index (χ0n) is 14.9. The van der Waals surface area contributed by atoms with Gasteiger partial charge in [0.05, 0.1) is 5.56 Å². The number of halogens is 3. The lowest BCUT2D eigenvalue weighted by Gasteiger charge is -2.30. The first kappa shape index (κ1) is 19.9. The zero-order valence-corrected chi connectivity index (χ0v) is 15.7. The van der Waals surface area contributed by atoms with E-state index in [0.29, 0.717) is 5.56 Å². The number of hydrogen-bond acceptors (Lipinski definition) is 3. The third kappa shape index (κ3) is 5.30. The number of likely N-dealkylation sites (N-methyl/N-ethyl adjacent to an activating group) is 1. The normalized spacial score (nSPS) is 14.7. The Labute approximate surface area is 151 Å². The summed E-state index contributed by atoms with van der Waals surface area (Å²) < 4.78 is 39.3. The summed E-state index contributed by atoms with van der Waals surface area (Å²) in [6.45, 7) is 4.57. The standard InChI is InChI=1S/C19H25F3N2S/c1-18(17-8-5-13-25-17,9-10-23-11-12-24(2)3)15-6-4-7-16(14-15)19(20,21)22/h4-8,13-14,23H,9-12H2,1-3H3/t18-/m1/s1. The van der Waals surface area contributed by atoms with E-state index in [0.717, 1.165) is 37.0 Å². The van der Waals surface area contributed by atoms with E-state index >= 15 is 0 Å². The van der Waals surface area contributed by atoms with Gasteiger partial charge in [-0.15, -0.1) is 11.3 Å². The first-order chi connectivity index (χ1) is 11.7. The molecule has 2 rings (SSSR count). The molecule has 138 valence electrons. The molecule has 2 aromatic rings. The Morgan fingerprint density at radius 1 is 1.04 bits per heavy atom. The monoisotopic (exact) mass is 370 g/mol. The second-order valence-electron chi connectivity index (χ2n) is 6.69. The van der Waals surface area contributed by atoms with Gasteiger partial charge in [-0.3, -0.25) is 0 Å². The van der Waals surface area contributed by atoms with Crippen LogP contribution in [0.2, 0.25) is 0 Å². The van der Waals surface area contributed by atoms with Gasteiger partial charge in [0.2, 0.25) is 0 Å². The topological polar surface area (TPSA) is 15.3 Å². The Balaban J connectivity index is 2.22. The summed E-state index contributed by atoms with van der Waals surface area (Å²) in [7, 11) is 4.03. The molecule has 0 fully saturated rings. The molecule has 0 radical (unpaired) electrons. The van der Waals surface area contributed by atoms with Crippen molar-refractivity contribution >= 4 is 11.3 Å². The molecule has 6 heteroatoms. The molecule has 25 heavy (non-hydrogen) atoms. The molecule has 0 spiro atoms. The van der Waals surface area contributed by atoms with Crippen LogP contribution >= 0.6 is 11.3 Å². The highest BCUT2D eigenvalue weighted by Crippen LogP contribution is 2.40. The van der Waals surface area contributed by atoms with Crippen LogP contribution in [-0.2, 0) is 11.6 Å². The van der Waals surface area contributed by atoms with Crippen LogP contribution in [0, 0.1) is 0 Å². The summed E-state index contributed by atoms with van der Waals surface area (Å²) in [6, 6.07) is 9.68. The van der Waals surface area contributed by atoms with E-state index in [-0.39, 0.29) is 0 Å². The highest BCUT2D eigenvalue weighted by atomic mass is 32.1. The Kier molecular flexibility index (Phi) is 6.65. The van der Waals surface area contributed by atoms with Crippen molar-refractivity contribution in [1.82, 2.24) is 10.2 Å². The van der Waals surface area contributed by atoms with Gasteiger partial charge in [-0.1, -0.05) is 31.2 Å². The molecule has 0 saturated heterocycles. The molecule has 1 aromatic carbocycles. The van der Waals surface area contributed by atoms with Gasteiger partial charge in [0.25, 0.3) is 0 Å². The number of alkyl halides is 3. The van der Waals surface area contributed by atoms with Crippen molar-refractivity contribution in [2.75, 3.05) is 33.7 Å². The van der Waals surface area contributed by atoms with Crippen LogP contribution in [0.25, 0.3) is 0 Å². The van der Waals surface area contributed by atoms with Gasteiger partial charge in [0.15, 0.2) is 0 Å². The van der Waals surface area contributed by atoms with E-state index in [1.807, 2.05) is 38.5 Å². The minimum atomic E-state index is -4.32. The van der Waals surface area contributed by atoms with Crippen molar-refractivity contribution in [1.29, 1.82) is 0 Å². The third-order valence-corrected chi connectivity index (χ3v) is 5.56. The molecular formula is C19H25F3N2S. The molecule has 0 unspecified atom stereocenters. The fourth-order valence-electron chi connectivity index (χ4n) is 2.81. The summed E-state index contributed by atoms with van der Waals surface area (Å²) >= 11 is 1.59. The van der Waals surface area contributed by atoms with Gasteiger partial charge >= 0.3 is 6.18 Å². The second-order valence-corrected chi connectivity index (χ2v) is 7.64. The molecule has 0 aliphatic rings. The molecule has 0 aliphatic heterocycles. The smallest absolute Gasteiger partial charge is 0.315 e. The average molecular weight is 370 g/mol. The number of thiophene rings is 1. The van der Waals surface area contributed by atoms with Gasteiger partial charge in [-0.25, -0.2) is 0 Å². The largest absolute Gasteiger partial charge is 0.416 e. The number of rotatable bonds is 8. The first-order valence-corrected chi connectivity index (χ1v) is 9.18. The van der Waals surface area contributed by atoms with Crippen LogP contribution in [0.3, 0.4) is 0 Å². The maximum absolute atomic E-state index is 13.1. The van der Waals surface area contributed by atoms with Gasteiger partial charge < -0.3 is 10.2 Å². The second kappa shape index (κ2) is 8.34. The van der Waals surface area contributed by atoms with E-state index in [1.54, 1.807) is 17.4 Å². The predicted octanol–water partition coefficient (Wildman–Crippen LogP) is 4.61. The number of nitrogens with zero attached hydrogens (tertiary/aromatic N) is 1. The Morgan fingerprint density at radius 2 is 1.76 bits per heavy atom. The SMILES string of the molecule is CN(C)CCNCC[C@](C)(c1cccc(C(F)(F)F)c1)c1cccs1. The quantitative estimate of drug-likeness (QED) is 0.683. The van der Waals surface area contributed by atoms with Gasteiger partial charge in [-0.05, 0) is 50.1 Å². The fraction of sp³-hybridized carbons (Fsp3) is 0.474. The summed E-state index contributed by atoms with van der Waals surface area (Å²) in [5.74, 6) is 0. The van der Waals surface area contributed by atoms with Crippen LogP contribution in [0.4, 0.5) is 13.2 Å². The van der Waals surface area contributed by atoms with Gasteiger partial charge in [0, 0.05) is 23.4 Å². The van der Waals surface area contributed by atoms with Crippen LogP contribution in [0.5, 0.6) is 0 Å². The predicted molar refractivity (Wildman–Crippen MR) is 98.3 cm³/mol. The minimum Gasteiger partial charge on any atom is -0.315 e. The molecule has 0 aliphatic carbocycles. The van der Waals surface area contributed by atoms with Crippen LogP contribution in [0.1, 0.15) is 29.3 Å². The summed E-state index contributed by atoms with van der Waals surface area (Å²) in [4.78, 5) is 3.18. The fourth-order valence-corrected chi connectivity index (χ4v) is 3.75. The highest BCUT2D eigenvalue weighted by Gasteiger charge is 2.34. The molecule has 1 atom stereocenters. The number of benzene rings is 1. The highest BCUT2D eigenvalue weighted by molar-refractivity contribution is 7.10. The minimum absolute atomic E-state index is 0.444. The summed E-state index contributed by atoms with van der Waals surface area (Å²) in [6.07, 6.45) is -3.58. The Morgan fingerprint density at radius 3 is 2.36 bits per heavy atom. The van der Waals surface area contributed by atoms with Crippen LogP contribution in [-0.4, -0.2) is 38.6 Å². The van der Waals surface area contributed by atoms with E-state index in [2.05, 4.69) is 10.2 Å². The van der Waals surface area contributed by atoms with Gasteiger partial charge in [-0.2, -0.15) is 13.2 Å². The van der Waals surface area contributed by atoms with Gasteiger partial charge in [0.1, 0.15) is 0 Å². The van der Waals surface area contributed by atoms with Crippen molar-refractivity contribution in [2.45, 2.75) is 24.9 Å². The lowest BCUT2D eigenvalue weighted by Crippen LogP contribution is -2.32. The van der Waals surface area contributed by atoms with E-state index in [1.165, 1.54) is 12.1 Å². The molecular weight excluding hydrogens is 345 g/mol. The van der Waals surface area contributed by atoms with E-state index < -0.39 is 17.2 Å². The van der Waals surface area contributed by atoms with Crippen molar-refractivity contribution < 1.29 is 13.2 Å². The molecule has 1 N–H and O–H groups in total. The summed E-state index contributed by atoms with van der Waals surface area (Å²) in [5.41, 5.74) is -0.326. The van der Waals surface area contributed by atoms with Crippen LogP contribution < -0.4 is 5.32 Å². The third-order valence-electron chi connectivity index (χ3n) is 4.43. The first-order valence-electron chi connectivity index (χ1n) is 8.30. The number of hydrogen-bond donors (Lipinski definition) is 1. The van der Waals surface area contributed by atoms with Crippen molar-refractivity contribution in [2.24, 2.45) is 0 Å². The van der Waals surface area contributed by atoms with Crippen molar-refractivity contribution in [3.05, 3.63) is 57.8 Å². The number of nitrogens with one attached hydrogen (secondary N) is 1. The van der Waals surface area contributed by atoms with Crippen molar-refractivity contribution in [3.63, 3.8) is 0 Å². The maximum atomic E-state index is 13.1. The van der Waals surface area contributed by atoms with Crippen molar-refractivity contribution in [3.8, 4) is 0 Å². The lowest BCUT2D eigenvalue weighted by molar-refractivity contribution is -0.137. The zero-order chi connectivity index (χ0) is 18.5. The van der Waals surface area contributed by atoms with E-state index in [9.17, 15) is 13.2 Å². The molecule has 1 aromatic heterocycles. The summed E-state index contributed by atoms with van der Waals surface area (Å²) in [5, 5.41) is 5.36. The Bertz CT molecular complexity index is 653. The molecule has 0 bridgehead atoms. The molecule has 0 saturated carbocycles. The average Bonchev–Trinajstić information content (AvgIpc) is 3.08. The molecule has 1 heterocycles. The van der Waals surface area contributed by atoms with E-state index in [4.69, 9.17) is 0 Å². The molecule has 0 amide bonds. The maximum Gasteiger partial charge on any atom is 0.416 e. The molecule has 2 nitrogen and oxygen atoms in total. The van der Waals surface area contributed by atoms with Crippen LogP contribution in [0.15, 0.2) is 41.8 Å². The lowest BCUT2D eigenvalue weighted by atomic mass is 9.77. The Hall–Kier alpha value is -1.37.